The second-order valence-electron chi connectivity index (χ2n) is 9.44. The Labute approximate surface area is 191 Å². The first-order valence-corrected chi connectivity index (χ1v) is 11.3. The van der Waals surface area contributed by atoms with Gasteiger partial charge in [0.25, 0.3) is 0 Å². The number of ether oxygens (including phenoxy) is 2. The number of hydrogen-bond acceptors (Lipinski definition) is 4. The third-order valence-electron chi connectivity index (χ3n) is 5.83. The fourth-order valence-electron chi connectivity index (χ4n) is 4.21. The minimum Gasteiger partial charge on any atom is -0.497 e. The van der Waals surface area contributed by atoms with Gasteiger partial charge in [0.05, 0.1) is 18.4 Å². The Balaban J connectivity index is 1.98. The molecule has 0 spiro atoms. The van der Waals surface area contributed by atoms with Crippen molar-refractivity contribution < 1.29 is 19.4 Å². The molecular weight excluding hydrogens is 402 g/mol. The molecule has 1 amide bonds. The van der Waals surface area contributed by atoms with Crippen LogP contribution >= 0.6 is 0 Å². The van der Waals surface area contributed by atoms with Gasteiger partial charge in [0.2, 0.25) is 0 Å². The maximum atomic E-state index is 13.1. The highest BCUT2D eigenvalue weighted by molar-refractivity contribution is 5.90. The van der Waals surface area contributed by atoms with E-state index >= 15 is 0 Å². The average molecular weight is 438 g/mol. The van der Waals surface area contributed by atoms with Crippen LogP contribution < -0.4 is 9.64 Å². The first-order chi connectivity index (χ1) is 15.2. The fourth-order valence-corrected chi connectivity index (χ4v) is 4.21. The SMILES string of the molecule is COc1ccc(N(/C=C/[C@H](c2ccccc2)C2(O)CCCCC2)C(=O)OC(C)(C)C)cc1. The molecule has 0 aliphatic heterocycles. The molecule has 1 aliphatic rings. The van der Waals surface area contributed by atoms with E-state index in [1.54, 1.807) is 13.3 Å². The molecule has 0 aromatic heterocycles. The van der Waals surface area contributed by atoms with E-state index in [0.717, 1.165) is 37.7 Å². The lowest BCUT2D eigenvalue weighted by Gasteiger charge is -2.38. The van der Waals surface area contributed by atoms with Crippen LogP contribution in [0.3, 0.4) is 0 Å². The topological polar surface area (TPSA) is 59.0 Å². The maximum Gasteiger partial charge on any atom is 0.418 e. The molecule has 1 saturated carbocycles. The molecule has 5 nitrogen and oxygen atoms in total. The van der Waals surface area contributed by atoms with Crippen LogP contribution in [0.15, 0.2) is 66.9 Å². The Morgan fingerprint density at radius 2 is 1.66 bits per heavy atom. The summed E-state index contributed by atoms with van der Waals surface area (Å²) in [6, 6.07) is 17.3. The Bertz CT molecular complexity index is 894. The quantitative estimate of drug-likeness (QED) is 0.566. The zero-order chi connectivity index (χ0) is 23.2. The zero-order valence-corrected chi connectivity index (χ0v) is 19.6. The lowest BCUT2D eigenvalue weighted by Crippen LogP contribution is -2.38. The number of anilines is 1. The molecule has 1 N–H and O–H groups in total. The van der Waals surface area contributed by atoms with Gasteiger partial charge in [-0.3, -0.25) is 4.90 Å². The van der Waals surface area contributed by atoms with Crippen molar-refractivity contribution in [1.29, 1.82) is 0 Å². The summed E-state index contributed by atoms with van der Waals surface area (Å²) in [6.07, 6.45) is 7.83. The van der Waals surface area contributed by atoms with Crippen LogP contribution in [0.2, 0.25) is 0 Å². The molecule has 1 atom stereocenters. The van der Waals surface area contributed by atoms with Gasteiger partial charge in [-0.05, 0) is 63.4 Å². The molecule has 0 radical (unpaired) electrons. The first-order valence-electron chi connectivity index (χ1n) is 11.3. The second-order valence-corrected chi connectivity index (χ2v) is 9.44. The van der Waals surface area contributed by atoms with E-state index in [1.807, 2.05) is 81.4 Å². The summed E-state index contributed by atoms with van der Waals surface area (Å²) in [7, 11) is 1.61. The minimum absolute atomic E-state index is 0.229. The lowest BCUT2D eigenvalue weighted by atomic mass is 9.73. The third-order valence-corrected chi connectivity index (χ3v) is 5.83. The van der Waals surface area contributed by atoms with Crippen LogP contribution in [0.1, 0.15) is 64.4 Å². The number of benzene rings is 2. The van der Waals surface area contributed by atoms with Gasteiger partial charge in [-0.25, -0.2) is 4.79 Å². The molecule has 0 unspecified atom stereocenters. The predicted molar refractivity (Wildman–Crippen MR) is 128 cm³/mol. The molecule has 0 bridgehead atoms. The van der Waals surface area contributed by atoms with Crippen LogP contribution in [0, 0.1) is 0 Å². The van der Waals surface area contributed by atoms with Gasteiger partial charge >= 0.3 is 6.09 Å². The molecule has 2 aromatic rings. The number of amides is 1. The molecule has 32 heavy (non-hydrogen) atoms. The largest absolute Gasteiger partial charge is 0.497 e. The van der Waals surface area contributed by atoms with Crippen LogP contribution in [-0.4, -0.2) is 29.5 Å². The summed E-state index contributed by atoms with van der Waals surface area (Å²) < 4.78 is 10.9. The Kier molecular flexibility index (Phi) is 7.62. The number of nitrogens with zero attached hydrogens (tertiary/aromatic N) is 1. The molecule has 2 aromatic carbocycles. The Morgan fingerprint density at radius 3 is 2.22 bits per heavy atom. The predicted octanol–water partition coefficient (Wildman–Crippen LogP) is 6.43. The van der Waals surface area contributed by atoms with E-state index in [4.69, 9.17) is 9.47 Å². The average Bonchev–Trinajstić information content (AvgIpc) is 2.76. The van der Waals surface area contributed by atoms with Crippen molar-refractivity contribution in [3.63, 3.8) is 0 Å². The van der Waals surface area contributed by atoms with Crippen LogP contribution in [0.5, 0.6) is 5.75 Å². The van der Waals surface area contributed by atoms with Gasteiger partial charge in [0.15, 0.2) is 0 Å². The van der Waals surface area contributed by atoms with E-state index in [-0.39, 0.29) is 5.92 Å². The Morgan fingerprint density at radius 1 is 1.03 bits per heavy atom. The first kappa shape index (κ1) is 23.9. The van der Waals surface area contributed by atoms with E-state index < -0.39 is 17.3 Å². The van der Waals surface area contributed by atoms with Crippen molar-refractivity contribution in [2.45, 2.75) is 70.0 Å². The molecule has 1 aliphatic carbocycles. The van der Waals surface area contributed by atoms with Crippen LogP contribution in [0.4, 0.5) is 10.5 Å². The standard InChI is InChI=1S/C27H35NO4/c1-26(2,3)32-25(29)28(22-13-15-23(31-4)16-14-22)20-17-24(21-11-7-5-8-12-21)27(30)18-9-6-10-19-27/h5,7-8,11-17,20,24,30H,6,9-10,18-19H2,1-4H3/b20-17+/t24-/m1/s1. The lowest BCUT2D eigenvalue weighted by molar-refractivity contribution is -0.00921. The smallest absolute Gasteiger partial charge is 0.418 e. The van der Waals surface area contributed by atoms with Crippen molar-refractivity contribution in [3.8, 4) is 5.75 Å². The summed E-state index contributed by atoms with van der Waals surface area (Å²) in [4.78, 5) is 14.6. The molecule has 0 heterocycles. The van der Waals surface area contributed by atoms with Gasteiger partial charge < -0.3 is 14.6 Å². The summed E-state index contributed by atoms with van der Waals surface area (Å²) in [5.74, 6) is 0.479. The van der Waals surface area contributed by atoms with Crippen molar-refractivity contribution in [2.24, 2.45) is 0 Å². The molecular formula is C27H35NO4. The van der Waals surface area contributed by atoms with Crippen LogP contribution in [0.25, 0.3) is 0 Å². The highest BCUT2D eigenvalue weighted by Gasteiger charge is 2.37. The summed E-state index contributed by atoms with van der Waals surface area (Å²) in [5, 5.41) is 11.6. The number of carbonyl (C=O) groups excluding carboxylic acids is 1. The van der Waals surface area contributed by atoms with Gasteiger partial charge in [-0.1, -0.05) is 55.7 Å². The normalized spacial score (nSPS) is 17.0. The minimum atomic E-state index is -0.838. The number of hydrogen-bond donors (Lipinski definition) is 1. The second kappa shape index (κ2) is 10.2. The van der Waals surface area contributed by atoms with Gasteiger partial charge in [-0.2, -0.15) is 0 Å². The van der Waals surface area contributed by atoms with Crippen molar-refractivity contribution in [2.75, 3.05) is 12.0 Å². The molecule has 3 rings (SSSR count). The number of rotatable bonds is 6. The van der Waals surface area contributed by atoms with Crippen molar-refractivity contribution >= 4 is 11.8 Å². The third kappa shape index (κ3) is 6.13. The summed E-state index contributed by atoms with van der Waals surface area (Å²) in [5.41, 5.74) is 0.233. The van der Waals surface area contributed by atoms with Gasteiger partial charge in [0, 0.05) is 12.1 Å². The highest BCUT2D eigenvalue weighted by Crippen LogP contribution is 2.41. The molecule has 1 fully saturated rings. The van der Waals surface area contributed by atoms with Crippen molar-refractivity contribution in [3.05, 3.63) is 72.4 Å². The van der Waals surface area contributed by atoms with E-state index in [0.29, 0.717) is 11.4 Å². The van der Waals surface area contributed by atoms with E-state index in [1.165, 1.54) is 4.90 Å². The Hall–Kier alpha value is -2.79. The molecule has 172 valence electrons. The van der Waals surface area contributed by atoms with E-state index in [9.17, 15) is 9.90 Å². The highest BCUT2D eigenvalue weighted by atomic mass is 16.6. The molecule has 0 saturated heterocycles. The summed E-state index contributed by atoms with van der Waals surface area (Å²) in [6.45, 7) is 5.54. The maximum absolute atomic E-state index is 13.1. The fraction of sp³-hybridized carbons (Fsp3) is 0.444. The van der Waals surface area contributed by atoms with Gasteiger partial charge in [0.1, 0.15) is 11.4 Å². The van der Waals surface area contributed by atoms with Gasteiger partial charge in [-0.15, -0.1) is 0 Å². The number of methoxy groups -OCH3 is 1. The van der Waals surface area contributed by atoms with E-state index in [2.05, 4.69) is 0 Å². The molecule has 5 heteroatoms. The van der Waals surface area contributed by atoms with Crippen molar-refractivity contribution in [1.82, 2.24) is 0 Å². The monoisotopic (exact) mass is 437 g/mol. The summed E-state index contributed by atoms with van der Waals surface area (Å²) >= 11 is 0. The van der Waals surface area contributed by atoms with Crippen LogP contribution in [-0.2, 0) is 4.74 Å². The number of aliphatic hydroxyl groups is 1. The zero-order valence-electron chi connectivity index (χ0n) is 19.6. The number of carbonyl (C=O) groups is 1.